The number of sulfonamides is 1. The normalized spacial score (nSPS) is 19.6. The highest BCUT2D eigenvalue weighted by atomic mass is 35.5. The van der Waals surface area contributed by atoms with Gasteiger partial charge in [-0.2, -0.15) is 4.31 Å². The third kappa shape index (κ3) is 5.79. The fourth-order valence-corrected chi connectivity index (χ4v) is 5.93. The van der Waals surface area contributed by atoms with Crippen LogP contribution < -0.4 is 10.5 Å². The Kier molecular flexibility index (Phi) is 7.88. The standard InChI is InChI=1S/C23H26ClF2N5O5S/c1-28-6-8-29(9-7-28)23(33)30-10-11-31(20(14-30)22(27)32)37(34,35)17-12-18(25)21(19(26)13-17)36-16-4-2-15(24)3-5-16/h2-5,12-13,20H,6-11,14H2,1H3,(H2,27,32)/t20-/m1/s1. The van der Waals surface area contributed by atoms with Crippen molar-refractivity contribution in [1.82, 2.24) is 19.0 Å². The molecule has 2 aliphatic heterocycles. The number of primary amides is 1. The van der Waals surface area contributed by atoms with Crippen molar-refractivity contribution in [2.45, 2.75) is 10.9 Å². The van der Waals surface area contributed by atoms with Crippen molar-refractivity contribution in [2.24, 2.45) is 5.73 Å². The molecule has 37 heavy (non-hydrogen) atoms. The predicted octanol–water partition coefficient (Wildman–Crippen LogP) is 1.94. The fraction of sp³-hybridized carbons (Fsp3) is 0.391. The summed E-state index contributed by atoms with van der Waals surface area (Å²) in [6, 6.07) is 5.21. The van der Waals surface area contributed by atoms with E-state index in [4.69, 9.17) is 22.1 Å². The summed E-state index contributed by atoms with van der Waals surface area (Å²) in [5, 5.41) is 0.393. The summed E-state index contributed by atoms with van der Waals surface area (Å²) >= 11 is 5.79. The predicted molar refractivity (Wildman–Crippen MR) is 131 cm³/mol. The molecule has 2 saturated heterocycles. The minimum atomic E-state index is -4.56. The zero-order valence-corrected chi connectivity index (χ0v) is 21.5. The number of urea groups is 1. The third-order valence-corrected chi connectivity index (χ3v) is 8.45. The van der Waals surface area contributed by atoms with Gasteiger partial charge < -0.3 is 25.2 Å². The van der Waals surface area contributed by atoms with Crippen molar-refractivity contribution in [3.05, 3.63) is 53.1 Å². The Balaban J connectivity index is 1.54. The first-order valence-electron chi connectivity index (χ1n) is 11.4. The van der Waals surface area contributed by atoms with Gasteiger partial charge in [-0.1, -0.05) is 11.6 Å². The van der Waals surface area contributed by atoms with Gasteiger partial charge in [0, 0.05) is 50.8 Å². The van der Waals surface area contributed by atoms with E-state index < -0.39 is 44.3 Å². The molecule has 0 unspecified atom stereocenters. The molecule has 200 valence electrons. The topological polar surface area (TPSA) is 116 Å². The molecule has 14 heteroatoms. The van der Waals surface area contributed by atoms with Crippen molar-refractivity contribution in [3.63, 3.8) is 0 Å². The Bertz CT molecular complexity index is 1270. The van der Waals surface area contributed by atoms with Crippen LogP contribution in [0.5, 0.6) is 11.5 Å². The van der Waals surface area contributed by atoms with Gasteiger partial charge in [-0.15, -0.1) is 0 Å². The number of nitrogens with zero attached hydrogens (tertiary/aromatic N) is 4. The minimum absolute atomic E-state index is 0.0170. The lowest BCUT2D eigenvalue weighted by Gasteiger charge is -2.42. The van der Waals surface area contributed by atoms with E-state index in [0.29, 0.717) is 43.3 Å². The van der Waals surface area contributed by atoms with Crippen LogP contribution in [-0.2, 0) is 14.8 Å². The van der Waals surface area contributed by atoms with Crippen LogP contribution in [0, 0.1) is 11.6 Å². The van der Waals surface area contributed by atoms with E-state index in [9.17, 15) is 26.8 Å². The van der Waals surface area contributed by atoms with E-state index in [0.717, 1.165) is 4.31 Å². The number of piperazine rings is 2. The Hall–Kier alpha value is -3.00. The quantitative estimate of drug-likeness (QED) is 0.600. The zero-order chi connectivity index (χ0) is 26.9. The van der Waals surface area contributed by atoms with E-state index >= 15 is 0 Å². The molecule has 3 amide bonds. The number of halogens is 3. The summed E-state index contributed by atoms with van der Waals surface area (Å²) in [6.45, 7) is 1.81. The maximum atomic E-state index is 14.8. The summed E-state index contributed by atoms with van der Waals surface area (Å²) in [7, 11) is -2.62. The van der Waals surface area contributed by atoms with E-state index in [2.05, 4.69) is 4.90 Å². The van der Waals surface area contributed by atoms with E-state index in [-0.39, 0.29) is 31.4 Å². The van der Waals surface area contributed by atoms with Crippen LogP contribution in [0.4, 0.5) is 13.6 Å². The smallest absolute Gasteiger partial charge is 0.320 e. The number of hydrogen-bond acceptors (Lipinski definition) is 6. The number of carbonyl (C=O) groups is 2. The van der Waals surface area contributed by atoms with Gasteiger partial charge in [-0.25, -0.2) is 22.0 Å². The summed E-state index contributed by atoms with van der Waals surface area (Å²) in [6.07, 6.45) is 0. The number of rotatable bonds is 5. The summed E-state index contributed by atoms with van der Waals surface area (Å²) in [5.41, 5.74) is 5.49. The van der Waals surface area contributed by atoms with Gasteiger partial charge in [0.2, 0.25) is 15.9 Å². The van der Waals surface area contributed by atoms with Crippen molar-refractivity contribution >= 4 is 33.6 Å². The first kappa shape index (κ1) is 27.0. The molecule has 4 rings (SSSR count). The van der Waals surface area contributed by atoms with Crippen molar-refractivity contribution in [3.8, 4) is 11.5 Å². The Morgan fingerprint density at radius 2 is 1.54 bits per heavy atom. The highest BCUT2D eigenvalue weighted by Crippen LogP contribution is 2.32. The maximum absolute atomic E-state index is 14.8. The van der Waals surface area contributed by atoms with Crippen molar-refractivity contribution in [2.75, 3.05) is 52.9 Å². The lowest BCUT2D eigenvalue weighted by Crippen LogP contribution is -2.63. The lowest BCUT2D eigenvalue weighted by molar-refractivity contribution is -0.123. The van der Waals surface area contributed by atoms with Gasteiger partial charge in [0.15, 0.2) is 17.4 Å². The molecule has 2 N–H and O–H groups in total. The zero-order valence-electron chi connectivity index (χ0n) is 19.9. The lowest BCUT2D eigenvalue weighted by atomic mass is 10.2. The number of nitrogens with two attached hydrogens (primary N) is 1. The molecule has 2 heterocycles. The molecule has 1 atom stereocenters. The SMILES string of the molecule is CN1CCN(C(=O)N2CCN(S(=O)(=O)c3cc(F)c(Oc4ccc(Cl)cc4)c(F)c3)[C@@H](C(N)=O)C2)CC1. The second-order valence-corrected chi connectivity index (χ2v) is 11.2. The van der Waals surface area contributed by atoms with Gasteiger partial charge >= 0.3 is 6.03 Å². The van der Waals surface area contributed by atoms with Gasteiger partial charge in [0.1, 0.15) is 11.8 Å². The molecule has 0 radical (unpaired) electrons. The minimum Gasteiger partial charge on any atom is -0.451 e. The van der Waals surface area contributed by atoms with E-state index in [1.807, 2.05) is 7.05 Å². The number of ether oxygens (including phenoxy) is 1. The average molecular weight is 558 g/mol. The van der Waals surface area contributed by atoms with Gasteiger partial charge in [-0.3, -0.25) is 4.79 Å². The molecular formula is C23H26ClF2N5O5S. The molecule has 2 fully saturated rings. The summed E-state index contributed by atoms with van der Waals surface area (Å²) in [5.74, 6) is -4.20. The summed E-state index contributed by atoms with van der Waals surface area (Å²) < 4.78 is 62.3. The molecule has 0 bridgehead atoms. The number of likely N-dealkylation sites (N-methyl/N-ethyl adjacent to an activating group) is 1. The summed E-state index contributed by atoms with van der Waals surface area (Å²) in [4.78, 5) is 29.5. The number of benzene rings is 2. The molecule has 2 aliphatic rings. The van der Waals surface area contributed by atoms with Crippen LogP contribution in [0.25, 0.3) is 0 Å². The average Bonchev–Trinajstić information content (AvgIpc) is 2.86. The van der Waals surface area contributed by atoms with Crippen LogP contribution in [0.15, 0.2) is 41.3 Å². The molecule has 0 spiro atoms. The largest absolute Gasteiger partial charge is 0.451 e. The van der Waals surface area contributed by atoms with Crippen LogP contribution >= 0.6 is 11.6 Å². The molecule has 0 aliphatic carbocycles. The Morgan fingerprint density at radius 3 is 2.11 bits per heavy atom. The second kappa shape index (κ2) is 10.8. The van der Waals surface area contributed by atoms with E-state index in [1.54, 1.807) is 4.90 Å². The molecule has 2 aromatic carbocycles. The first-order valence-corrected chi connectivity index (χ1v) is 13.2. The molecule has 0 saturated carbocycles. The molecule has 0 aromatic heterocycles. The fourth-order valence-electron chi connectivity index (χ4n) is 4.20. The van der Waals surface area contributed by atoms with Crippen molar-refractivity contribution < 1.29 is 31.5 Å². The highest BCUT2D eigenvalue weighted by molar-refractivity contribution is 7.89. The van der Waals surface area contributed by atoms with Crippen LogP contribution in [-0.4, -0.2) is 98.3 Å². The van der Waals surface area contributed by atoms with Crippen LogP contribution in [0.2, 0.25) is 5.02 Å². The number of carbonyl (C=O) groups excluding carboxylic acids is 2. The van der Waals surface area contributed by atoms with Gasteiger partial charge in [0.25, 0.3) is 0 Å². The van der Waals surface area contributed by atoms with Crippen LogP contribution in [0.1, 0.15) is 0 Å². The van der Waals surface area contributed by atoms with Gasteiger partial charge in [-0.05, 0) is 43.4 Å². The molecule has 10 nitrogen and oxygen atoms in total. The van der Waals surface area contributed by atoms with E-state index in [1.165, 1.54) is 29.2 Å². The Labute approximate surface area is 218 Å². The van der Waals surface area contributed by atoms with Gasteiger partial charge in [0.05, 0.1) is 4.90 Å². The Morgan fingerprint density at radius 1 is 0.973 bits per heavy atom. The number of hydrogen-bond donors (Lipinski definition) is 1. The first-order chi connectivity index (χ1) is 17.5. The van der Waals surface area contributed by atoms with Crippen molar-refractivity contribution in [1.29, 1.82) is 0 Å². The monoisotopic (exact) mass is 557 g/mol. The molecule has 2 aromatic rings. The second-order valence-electron chi connectivity index (χ2n) is 8.82. The van der Waals surface area contributed by atoms with Crippen LogP contribution in [0.3, 0.4) is 0 Å². The third-order valence-electron chi connectivity index (χ3n) is 6.32. The maximum Gasteiger partial charge on any atom is 0.320 e. The highest BCUT2D eigenvalue weighted by Gasteiger charge is 2.42. The molecular weight excluding hydrogens is 532 g/mol. The number of amides is 3.